The van der Waals surface area contributed by atoms with Gasteiger partial charge in [-0.1, -0.05) is 46.7 Å². The molecule has 9 heteroatoms. The van der Waals surface area contributed by atoms with E-state index in [1.807, 2.05) is 91.0 Å². The summed E-state index contributed by atoms with van der Waals surface area (Å²) in [4.78, 5) is 33.7. The molecule has 4 rings (SSSR count). The average molecular weight is 594 g/mol. The number of nitrogens with zero attached hydrogens (tertiary/aromatic N) is 1. The molecular formula is C30H24ClNO4S3. The van der Waals surface area contributed by atoms with Crippen LogP contribution >= 0.6 is 35.1 Å². The largest absolute Gasteiger partial charge is 0.331 e. The molecule has 1 atom stereocenters. The molecule has 4 aromatic carbocycles. The molecule has 0 fully saturated rings. The summed E-state index contributed by atoms with van der Waals surface area (Å²) in [5, 5.41) is 4.49. The molecule has 198 valence electrons. The van der Waals surface area contributed by atoms with Gasteiger partial charge in [0.2, 0.25) is 5.78 Å². The van der Waals surface area contributed by atoms with E-state index in [-0.39, 0.29) is 11.5 Å². The summed E-state index contributed by atoms with van der Waals surface area (Å²) in [7, 11) is -1.23. The number of halogens is 1. The van der Waals surface area contributed by atoms with Crippen molar-refractivity contribution < 1.29 is 18.6 Å². The van der Waals surface area contributed by atoms with Crippen LogP contribution in [0.25, 0.3) is 0 Å². The topological polar surface area (TPSA) is 72.8 Å². The minimum atomic E-state index is -1.23. The fraction of sp³-hybridized carbons (Fsp3) is 0.100. The van der Waals surface area contributed by atoms with E-state index in [1.165, 1.54) is 18.7 Å². The summed E-state index contributed by atoms with van der Waals surface area (Å²) in [6.45, 7) is 1.24. The number of rotatable bonds is 11. The number of hydrogen-bond donors (Lipinski definition) is 0. The van der Waals surface area contributed by atoms with E-state index < -0.39 is 16.8 Å². The molecule has 0 aliphatic heterocycles. The maximum atomic E-state index is 13.1. The zero-order valence-electron chi connectivity index (χ0n) is 20.9. The van der Waals surface area contributed by atoms with Crippen molar-refractivity contribution in [2.24, 2.45) is 5.16 Å². The molecule has 0 N–H and O–H groups in total. The highest BCUT2D eigenvalue weighted by molar-refractivity contribution is 7.99. The quantitative estimate of drug-likeness (QED) is 0.0578. The van der Waals surface area contributed by atoms with Crippen LogP contribution < -0.4 is 0 Å². The van der Waals surface area contributed by atoms with Gasteiger partial charge in [0.15, 0.2) is 0 Å². The van der Waals surface area contributed by atoms with Crippen molar-refractivity contribution in [3.63, 3.8) is 0 Å². The van der Waals surface area contributed by atoms with Gasteiger partial charge in [0, 0.05) is 54.2 Å². The molecule has 0 aliphatic carbocycles. The van der Waals surface area contributed by atoms with Crippen molar-refractivity contribution in [3.8, 4) is 0 Å². The fourth-order valence-electron chi connectivity index (χ4n) is 3.40. The predicted molar refractivity (Wildman–Crippen MR) is 158 cm³/mol. The standard InChI is InChI=1S/C30H24ClNO4S3/c1-21(33)36-32-29(19-20-37-24-13-9-23(31)10-14-24)30(34)22-7-11-25(12-8-22)38-26-15-17-28(18-16-26)39(35)27-5-3-2-4-6-27/h2-18H,19-20H2,1H3/b32-29+. The van der Waals surface area contributed by atoms with E-state index in [2.05, 4.69) is 5.16 Å². The summed E-state index contributed by atoms with van der Waals surface area (Å²) in [5.41, 5.74) is 0.629. The van der Waals surface area contributed by atoms with Crippen molar-refractivity contribution >= 4 is 63.4 Å². The maximum Gasteiger partial charge on any atom is 0.331 e. The van der Waals surface area contributed by atoms with E-state index in [9.17, 15) is 13.8 Å². The first-order valence-corrected chi connectivity index (χ1v) is 15.2. The molecular weight excluding hydrogens is 570 g/mol. The Morgan fingerprint density at radius 2 is 1.36 bits per heavy atom. The number of thioether (sulfide) groups is 1. The number of carbonyl (C=O) groups excluding carboxylic acids is 2. The van der Waals surface area contributed by atoms with Crippen molar-refractivity contribution in [1.82, 2.24) is 0 Å². The van der Waals surface area contributed by atoms with Crippen molar-refractivity contribution in [2.45, 2.75) is 37.8 Å². The van der Waals surface area contributed by atoms with Gasteiger partial charge in [-0.3, -0.25) is 4.79 Å². The highest BCUT2D eigenvalue weighted by Gasteiger charge is 2.16. The van der Waals surface area contributed by atoms with Crippen molar-refractivity contribution in [3.05, 3.63) is 114 Å². The molecule has 0 heterocycles. The summed E-state index contributed by atoms with van der Waals surface area (Å²) in [6, 6.07) is 31.6. The first kappa shape index (κ1) is 28.8. The molecule has 0 spiro atoms. The lowest BCUT2D eigenvalue weighted by Crippen LogP contribution is -2.16. The third kappa shape index (κ3) is 8.66. The second-order valence-electron chi connectivity index (χ2n) is 8.18. The van der Waals surface area contributed by atoms with E-state index in [1.54, 1.807) is 23.9 Å². The molecule has 0 aliphatic rings. The first-order chi connectivity index (χ1) is 18.9. The zero-order chi connectivity index (χ0) is 27.6. The summed E-state index contributed by atoms with van der Waals surface area (Å²) in [6.07, 6.45) is 0.326. The van der Waals surface area contributed by atoms with Crippen LogP contribution in [0.2, 0.25) is 5.02 Å². The van der Waals surface area contributed by atoms with E-state index in [0.29, 0.717) is 22.8 Å². The fourth-order valence-corrected chi connectivity index (χ4v) is 6.27. The highest BCUT2D eigenvalue weighted by atomic mass is 35.5. The number of hydrogen-bond acceptors (Lipinski definition) is 7. The van der Waals surface area contributed by atoms with Crippen LogP contribution in [-0.4, -0.2) is 27.4 Å². The van der Waals surface area contributed by atoms with Gasteiger partial charge in [-0.2, -0.15) is 0 Å². The van der Waals surface area contributed by atoms with Crippen LogP contribution in [0.1, 0.15) is 23.7 Å². The molecule has 0 saturated heterocycles. The number of Topliss-reactive ketones (excluding diaryl/α,β-unsaturated/α-hetero) is 1. The third-order valence-corrected chi connectivity index (χ3v) is 9.00. The van der Waals surface area contributed by atoms with Gasteiger partial charge in [-0.05, 0) is 84.9 Å². The van der Waals surface area contributed by atoms with Crippen LogP contribution in [0.4, 0.5) is 0 Å². The number of oxime groups is 1. The number of benzene rings is 4. The molecule has 0 saturated carbocycles. The molecule has 0 amide bonds. The van der Waals surface area contributed by atoms with E-state index >= 15 is 0 Å². The second kappa shape index (κ2) is 14.3. The maximum absolute atomic E-state index is 13.1. The Kier molecular flexibility index (Phi) is 10.6. The molecule has 4 aromatic rings. The van der Waals surface area contributed by atoms with Gasteiger partial charge in [0.25, 0.3) is 0 Å². The second-order valence-corrected chi connectivity index (χ2v) is 12.4. The molecule has 1 unspecified atom stereocenters. The van der Waals surface area contributed by atoms with Gasteiger partial charge in [-0.25, -0.2) is 9.00 Å². The van der Waals surface area contributed by atoms with Gasteiger partial charge in [0.05, 0.1) is 10.8 Å². The minimum Gasteiger partial charge on any atom is -0.318 e. The lowest BCUT2D eigenvalue weighted by Gasteiger charge is -2.08. The predicted octanol–water partition coefficient (Wildman–Crippen LogP) is 7.94. The average Bonchev–Trinajstić information content (AvgIpc) is 2.96. The normalized spacial score (nSPS) is 12.1. The smallest absolute Gasteiger partial charge is 0.318 e. The van der Waals surface area contributed by atoms with Crippen LogP contribution in [-0.2, 0) is 20.4 Å². The third-order valence-electron chi connectivity index (χ3n) is 5.32. The Labute approximate surface area is 243 Å². The highest BCUT2D eigenvalue weighted by Crippen LogP contribution is 2.29. The van der Waals surface area contributed by atoms with Crippen molar-refractivity contribution in [1.29, 1.82) is 0 Å². The lowest BCUT2D eigenvalue weighted by molar-refractivity contribution is -0.140. The Hall–Kier alpha value is -3.17. The van der Waals surface area contributed by atoms with Gasteiger partial charge in [0.1, 0.15) is 5.71 Å². The first-order valence-electron chi connectivity index (χ1n) is 11.9. The molecule has 0 radical (unpaired) electrons. The molecule has 0 bridgehead atoms. The Morgan fingerprint density at radius 3 is 1.97 bits per heavy atom. The molecule has 5 nitrogen and oxygen atoms in total. The summed E-state index contributed by atoms with van der Waals surface area (Å²) in [5.74, 6) is -0.305. The molecule has 0 aromatic heterocycles. The van der Waals surface area contributed by atoms with Gasteiger partial charge < -0.3 is 4.84 Å². The summed E-state index contributed by atoms with van der Waals surface area (Å²) >= 11 is 9.03. The van der Waals surface area contributed by atoms with E-state index in [0.717, 1.165) is 24.5 Å². The van der Waals surface area contributed by atoms with Crippen LogP contribution in [0.15, 0.2) is 133 Å². The summed E-state index contributed by atoms with van der Waals surface area (Å²) < 4.78 is 12.7. The van der Waals surface area contributed by atoms with E-state index in [4.69, 9.17) is 16.4 Å². The SMILES string of the molecule is CC(=O)O/N=C(\CCSc1ccc(Cl)cc1)C(=O)c1ccc(Sc2ccc(S(=O)c3ccccc3)cc2)cc1. The van der Waals surface area contributed by atoms with Crippen LogP contribution in [0.3, 0.4) is 0 Å². The van der Waals surface area contributed by atoms with Crippen molar-refractivity contribution in [2.75, 3.05) is 5.75 Å². The van der Waals surface area contributed by atoms with Gasteiger partial charge in [-0.15, -0.1) is 11.8 Å². The van der Waals surface area contributed by atoms with Crippen LogP contribution in [0, 0.1) is 0 Å². The van der Waals surface area contributed by atoms with Crippen LogP contribution in [0.5, 0.6) is 0 Å². The number of ketones is 1. The molecule has 39 heavy (non-hydrogen) atoms. The number of carbonyl (C=O) groups is 2. The Bertz CT molecular complexity index is 1470. The minimum absolute atomic E-state index is 0.175. The lowest BCUT2D eigenvalue weighted by atomic mass is 10.1. The Morgan fingerprint density at radius 1 is 0.795 bits per heavy atom. The Balaban J connectivity index is 1.39. The van der Waals surface area contributed by atoms with Gasteiger partial charge >= 0.3 is 5.97 Å². The zero-order valence-corrected chi connectivity index (χ0v) is 24.1. The monoisotopic (exact) mass is 593 g/mol.